The Morgan fingerprint density at radius 1 is 1.29 bits per heavy atom. The molecule has 1 atom stereocenters. The Morgan fingerprint density at radius 3 is 2.54 bits per heavy atom. The van der Waals surface area contributed by atoms with Gasteiger partial charge in [0.1, 0.15) is 5.75 Å². The molecule has 1 rings (SSSR count). The number of rotatable bonds is 10. The van der Waals surface area contributed by atoms with E-state index in [0.29, 0.717) is 19.1 Å². The highest BCUT2D eigenvalue weighted by atomic mass is 35.5. The molecule has 0 saturated heterocycles. The quantitative estimate of drug-likeness (QED) is 0.576. The molecule has 0 bridgehead atoms. The Bertz CT molecular complexity index is 494. The van der Waals surface area contributed by atoms with Crippen LogP contribution in [-0.2, 0) is 9.53 Å². The van der Waals surface area contributed by atoms with Gasteiger partial charge in [0.15, 0.2) is 0 Å². The lowest BCUT2D eigenvalue weighted by atomic mass is 10.0. The van der Waals surface area contributed by atoms with Gasteiger partial charge in [0, 0.05) is 12.5 Å². The second-order valence-corrected chi connectivity index (χ2v) is 5.85. The molecule has 24 heavy (non-hydrogen) atoms. The van der Waals surface area contributed by atoms with E-state index in [2.05, 4.69) is 37.8 Å². The Hall–Kier alpha value is -1.26. The van der Waals surface area contributed by atoms with Crippen molar-refractivity contribution < 1.29 is 14.3 Å². The van der Waals surface area contributed by atoms with Crippen molar-refractivity contribution in [2.75, 3.05) is 26.8 Å². The minimum Gasteiger partial charge on any atom is -0.497 e. The molecule has 0 heterocycles. The molecule has 5 heteroatoms. The van der Waals surface area contributed by atoms with E-state index in [4.69, 9.17) is 9.47 Å². The Kier molecular flexibility index (Phi) is 11.5. The molecule has 1 unspecified atom stereocenters. The molecule has 0 amide bonds. The number of carbonyl (C=O) groups excluding carboxylic acids is 1. The first-order valence-corrected chi connectivity index (χ1v) is 8.57. The fraction of sp³-hybridized carbons (Fsp3) is 0.632. The molecule has 0 aliphatic carbocycles. The maximum atomic E-state index is 11.6. The number of nitrogens with zero attached hydrogens (tertiary/aromatic N) is 1. The highest BCUT2D eigenvalue weighted by molar-refractivity contribution is 5.85. The molecule has 4 nitrogen and oxygen atoms in total. The van der Waals surface area contributed by atoms with Gasteiger partial charge in [-0.1, -0.05) is 19.9 Å². The predicted molar refractivity (Wildman–Crippen MR) is 101 cm³/mol. The van der Waals surface area contributed by atoms with Crippen molar-refractivity contribution in [3.63, 3.8) is 0 Å². The summed E-state index contributed by atoms with van der Waals surface area (Å²) in [6.07, 6.45) is 2.20. The van der Waals surface area contributed by atoms with Crippen LogP contribution in [0.3, 0.4) is 0 Å². The number of ether oxygens (including phenoxy) is 2. The Morgan fingerprint density at radius 2 is 2.00 bits per heavy atom. The average Bonchev–Trinajstić information content (AvgIpc) is 2.56. The van der Waals surface area contributed by atoms with E-state index in [-0.39, 0.29) is 18.4 Å². The summed E-state index contributed by atoms with van der Waals surface area (Å²) in [6, 6.07) is 6.53. The minimum atomic E-state index is -0.0869. The third-order valence-electron chi connectivity index (χ3n) is 4.17. The summed E-state index contributed by atoms with van der Waals surface area (Å²) < 4.78 is 10.4. The molecular weight excluding hydrogens is 326 g/mol. The third kappa shape index (κ3) is 7.10. The van der Waals surface area contributed by atoms with Crippen molar-refractivity contribution in [1.29, 1.82) is 0 Å². The summed E-state index contributed by atoms with van der Waals surface area (Å²) in [7, 11) is 1.69. The molecule has 0 radical (unpaired) electrons. The number of esters is 1. The number of hydrogen-bond donors (Lipinski definition) is 0. The molecule has 1 aromatic carbocycles. The van der Waals surface area contributed by atoms with E-state index in [0.717, 1.165) is 31.7 Å². The molecule has 0 aromatic heterocycles. The van der Waals surface area contributed by atoms with Gasteiger partial charge in [0.2, 0.25) is 0 Å². The number of halogens is 1. The zero-order valence-electron chi connectivity index (χ0n) is 15.6. The largest absolute Gasteiger partial charge is 0.497 e. The number of hydrogen-bond acceptors (Lipinski definition) is 4. The van der Waals surface area contributed by atoms with Crippen LogP contribution in [0, 0.1) is 6.92 Å². The van der Waals surface area contributed by atoms with E-state index in [1.807, 2.05) is 13.0 Å². The second-order valence-electron chi connectivity index (χ2n) is 5.85. The number of aryl methyl sites for hydroxylation is 1. The van der Waals surface area contributed by atoms with Crippen LogP contribution in [0.2, 0.25) is 0 Å². The highest BCUT2D eigenvalue weighted by Crippen LogP contribution is 2.26. The van der Waals surface area contributed by atoms with Crippen molar-refractivity contribution in [2.24, 2.45) is 0 Å². The van der Waals surface area contributed by atoms with Crippen LogP contribution in [0.4, 0.5) is 0 Å². The molecule has 0 aliphatic rings. The third-order valence-corrected chi connectivity index (χ3v) is 4.17. The molecular formula is C19H32ClNO3. The maximum absolute atomic E-state index is 11.6. The van der Waals surface area contributed by atoms with Gasteiger partial charge < -0.3 is 9.47 Å². The molecule has 0 saturated carbocycles. The molecule has 0 fully saturated rings. The van der Waals surface area contributed by atoms with Gasteiger partial charge in [-0.15, -0.1) is 12.4 Å². The van der Waals surface area contributed by atoms with Crippen molar-refractivity contribution in [3.05, 3.63) is 29.3 Å². The Balaban J connectivity index is 0.00000529. The summed E-state index contributed by atoms with van der Waals surface area (Å²) in [5.41, 5.74) is 2.54. The fourth-order valence-corrected chi connectivity index (χ4v) is 2.78. The summed E-state index contributed by atoms with van der Waals surface area (Å²) in [5.74, 6) is 0.802. The van der Waals surface area contributed by atoms with Crippen molar-refractivity contribution >= 4 is 18.4 Å². The summed E-state index contributed by atoms with van der Waals surface area (Å²) in [6.45, 7) is 10.9. The van der Waals surface area contributed by atoms with Gasteiger partial charge in [-0.05, 0) is 63.0 Å². The smallest absolute Gasteiger partial charge is 0.305 e. The lowest BCUT2D eigenvalue weighted by molar-refractivity contribution is -0.143. The molecule has 138 valence electrons. The second kappa shape index (κ2) is 12.2. The SMILES string of the molecule is CCCOC(=O)CCCN(CC)C(C)c1ccc(OC)cc1C.Cl. The van der Waals surface area contributed by atoms with Crippen molar-refractivity contribution in [2.45, 2.75) is 53.0 Å². The fourth-order valence-electron chi connectivity index (χ4n) is 2.78. The minimum absolute atomic E-state index is 0. The van der Waals surface area contributed by atoms with Crippen LogP contribution in [0.1, 0.15) is 57.2 Å². The average molecular weight is 358 g/mol. The first-order chi connectivity index (χ1) is 11.0. The van der Waals surface area contributed by atoms with Gasteiger partial charge in [-0.3, -0.25) is 9.69 Å². The van der Waals surface area contributed by atoms with Gasteiger partial charge in [-0.25, -0.2) is 0 Å². The van der Waals surface area contributed by atoms with Crippen molar-refractivity contribution in [1.82, 2.24) is 4.90 Å². The van der Waals surface area contributed by atoms with Crippen LogP contribution in [0.25, 0.3) is 0 Å². The van der Waals surface area contributed by atoms with Crippen LogP contribution in [0.5, 0.6) is 5.75 Å². The molecule has 0 N–H and O–H groups in total. The van der Waals surface area contributed by atoms with E-state index >= 15 is 0 Å². The van der Waals surface area contributed by atoms with Gasteiger partial charge in [0.05, 0.1) is 13.7 Å². The maximum Gasteiger partial charge on any atom is 0.305 e. The van der Waals surface area contributed by atoms with E-state index in [9.17, 15) is 4.79 Å². The topological polar surface area (TPSA) is 38.8 Å². The first-order valence-electron chi connectivity index (χ1n) is 8.57. The predicted octanol–water partition coefficient (Wildman–Crippen LogP) is 4.54. The van der Waals surface area contributed by atoms with Crippen LogP contribution >= 0.6 is 12.4 Å². The monoisotopic (exact) mass is 357 g/mol. The van der Waals surface area contributed by atoms with Gasteiger partial charge in [-0.2, -0.15) is 0 Å². The number of benzene rings is 1. The normalized spacial score (nSPS) is 11.8. The summed E-state index contributed by atoms with van der Waals surface area (Å²) >= 11 is 0. The summed E-state index contributed by atoms with van der Waals surface area (Å²) in [4.78, 5) is 14.0. The van der Waals surface area contributed by atoms with E-state index < -0.39 is 0 Å². The molecule has 0 aliphatic heterocycles. The van der Waals surface area contributed by atoms with Crippen LogP contribution in [0.15, 0.2) is 18.2 Å². The molecule has 1 aromatic rings. The highest BCUT2D eigenvalue weighted by Gasteiger charge is 2.16. The zero-order chi connectivity index (χ0) is 17.2. The lowest BCUT2D eigenvalue weighted by Gasteiger charge is -2.29. The number of carbonyl (C=O) groups is 1. The van der Waals surface area contributed by atoms with Gasteiger partial charge in [0.25, 0.3) is 0 Å². The van der Waals surface area contributed by atoms with Gasteiger partial charge >= 0.3 is 5.97 Å². The van der Waals surface area contributed by atoms with E-state index in [1.165, 1.54) is 11.1 Å². The summed E-state index contributed by atoms with van der Waals surface area (Å²) in [5, 5.41) is 0. The van der Waals surface area contributed by atoms with E-state index in [1.54, 1.807) is 7.11 Å². The van der Waals surface area contributed by atoms with Crippen molar-refractivity contribution in [3.8, 4) is 5.75 Å². The molecule has 0 spiro atoms. The zero-order valence-corrected chi connectivity index (χ0v) is 16.4. The van der Waals surface area contributed by atoms with Crippen LogP contribution < -0.4 is 4.74 Å². The lowest BCUT2D eigenvalue weighted by Crippen LogP contribution is -2.28. The Labute approximate surface area is 152 Å². The standard InChI is InChI=1S/C19H31NO3.ClH/c1-6-13-23-19(21)9-8-12-20(7-2)16(4)18-11-10-17(22-5)14-15(18)3;/h10-11,14,16H,6-9,12-13H2,1-5H3;1H. The van der Waals surface area contributed by atoms with Crippen LogP contribution in [-0.4, -0.2) is 37.7 Å². The first kappa shape index (κ1) is 22.7. The number of methoxy groups -OCH3 is 1.